The highest BCUT2D eigenvalue weighted by Crippen LogP contribution is 2.37. The lowest BCUT2D eigenvalue weighted by atomic mass is 9.98. The molecule has 0 N–H and O–H groups in total. The van der Waals surface area contributed by atoms with Crippen molar-refractivity contribution >= 4 is 38.8 Å². The first-order valence-electron chi connectivity index (χ1n) is 6.25. The average molecular weight is 277 g/mol. The van der Waals surface area contributed by atoms with E-state index < -0.39 is 4.92 Å². The first-order chi connectivity index (χ1) is 10.1. The first-order valence-corrected chi connectivity index (χ1v) is 6.25. The second kappa shape index (κ2) is 3.92. The van der Waals surface area contributed by atoms with E-state index in [-0.39, 0.29) is 11.6 Å². The van der Waals surface area contributed by atoms with E-state index in [9.17, 15) is 14.9 Å². The normalized spacial score (nSPS) is 13.0. The fraction of sp³-hybridized carbons (Fsp3) is 0. The molecule has 0 saturated heterocycles. The number of hydrogen-bond donors (Lipinski definition) is 0. The Labute approximate surface area is 117 Å². The molecule has 0 saturated carbocycles. The zero-order valence-corrected chi connectivity index (χ0v) is 10.6. The summed E-state index contributed by atoms with van der Waals surface area (Å²) in [7, 11) is 0. The zero-order chi connectivity index (χ0) is 14.6. The van der Waals surface area contributed by atoms with E-state index in [1.807, 2.05) is 0 Å². The van der Waals surface area contributed by atoms with Gasteiger partial charge < -0.3 is 0 Å². The smallest absolute Gasteiger partial charge is 0.265 e. The number of rotatable bonds is 1. The molecule has 1 heterocycles. The fourth-order valence-electron chi connectivity index (χ4n) is 2.69. The summed E-state index contributed by atoms with van der Waals surface area (Å²) in [6.45, 7) is 0. The summed E-state index contributed by atoms with van der Waals surface area (Å²) in [5.74, 6) is -0.375. The van der Waals surface area contributed by atoms with E-state index in [1.165, 1.54) is 6.07 Å². The van der Waals surface area contributed by atoms with Crippen molar-refractivity contribution in [2.45, 2.75) is 0 Å². The fourth-order valence-corrected chi connectivity index (χ4v) is 2.69. The number of benzene rings is 3. The molecule has 6 nitrogen and oxygen atoms in total. The molecule has 0 radical (unpaired) electrons. The molecule has 3 aromatic carbocycles. The van der Waals surface area contributed by atoms with E-state index in [4.69, 9.17) is 0 Å². The summed E-state index contributed by atoms with van der Waals surface area (Å²) in [6, 6.07) is 11.9. The van der Waals surface area contributed by atoms with E-state index >= 15 is 0 Å². The summed E-state index contributed by atoms with van der Waals surface area (Å²) in [5.41, 5.74) is 1.05. The number of amides is 1. The summed E-state index contributed by atoms with van der Waals surface area (Å²) in [5, 5.41) is 21.2. The van der Waals surface area contributed by atoms with Crippen LogP contribution in [0.3, 0.4) is 0 Å². The van der Waals surface area contributed by atoms with Gasteiger partial charge >= 0.3 is 0 Å². The highest BCUT2D eigenvalue weighted by molar-refractivity contribution is 6.16. The van der Waals surface area contributed by atoms with Crippen molar-refractivity contribution in [1.82, 2.24) is 0 Å². The van der Waals surface area contributed by atoms with E-state index in [1.54, 1.807) is 36.4 Å². The predicted molar refractivity (Wildman–Crippen MR) is 77.0 cm³/mol. The molecule has 0 aromatic heterocycles. The molecule has 0 unspecified atom stereocenters. The van der Waals surface area contributed by atoms with E-state index in [0.29, 0.717) is 22.0 Å². The SMILES string of the molecule is O=C1N=Nc2ccc3cc4c([N+](=O)[O-])cccc4cc3c21. The number of carbonyl (C=O) groups is 1. The van der Waals surface area contributed by atoms with Gasteiger partial charge in [0.2, 0.25) is 0 Å². The van der Waals surface area contributed by atoms with Crippen molar-refractivity contribution in [1.29, 1.82) is 0 Å². The highest BCUT2D eigenvalue weighted by Gasteiger charge is 2.21. The number of nitro groups is 1. The minimum Gasteiger partial charge on any atom is -0.265 e. The Morgan fingerprint density at radius 2 is 1.71 bits per heavy atom. The Kier molecular flexibility index (Phi) is 2.18. The van der Waals surface area contributed by atoms with Crippen LogP contribution >= 0.6 is 0 Å². The third-order valence-electron chi connectivity index (χ3n) is 3.63. The quantitative estimate of drug-likeness (QED) is 0.380. The lowest BCUT2D eigenvalue weighted by Crippen LogP contribution is -1.93. The average Bonchev–Trinajstić information content (AvgIpc) is 2.86. The molecule has 0 aliphatic carbocycles. The number of fused-ring (bicyclic) bond motifs is 4. The number of nitro benzene ring substituents is 1. The molecular formula is C15H7N3O3. The molecule has 4 rings (SSSR count). The Bertz CT molecular complexity index is 992. The molecule has 6 heteroatoms. The second-order valence-corrected chi connectivity index (χ2v) is 4.79. The van der Waals surface area contributed by atoms with Gasteiger partial charge in [-0.25, -0.2) is 0 Å². The number of nitrogens with zero attached hydrogens (tertiary/aromatic N) is 3. The van der Waals surface area contributed by atoms with Crippen molar-refractivity contribution in [3.05, 3.63) is 58.1 Å². The molecule has 21 heavy (non-hydrogen) atoms. The van der Waals surface area contributed by atoms with Crippen molar-refractivity contribution in [2.75, 3.05) is 0 Å². The van der Waals surface area contributed by atoms with Crippen LogP contribution in [0.2, 0.25) is 0 Å². The van der Waals surface area contributed by atoms with Gasteiger partial charge in [-0.1, -0.05) is 18.2 Å². The van der Waals surface area contributed by atoms with E-state index in [0.717, 1.165) is 10.8 Å². The van der Waals surface area contributed by atoms with Gasteiger partial charge in [0.1, 0.15) is 0 Å². The lowest BCUT2D eigenvalue weighted by molar-refractivity contribution is -0.383. The zero-order valence-electron chi connectivity index (χ0n) is 10.6. The predicted octanol–water partition coefficient (Wildman–Crippen LogP) is 4.14. The minimum absolute atomic E-state index is 0.0515. The number of non-ortho nitro benzene ring substituents is 1. The van der Waals surface area contributed by atoms with Crippen LogP contribution in [0, 0.1) is 10.1 Å². The maximum absolute atomic E-state index is 11.8. The van der Waals surface area contributed by atoms with Gasteiger partial charge in [0, 0.05) is 6.07 Å². The molecule has 0 fully saturated rings. The number of carbonyl (C=O) groups excluding carboxylic acids is 1. The summed E-state index contributed by atoms with van der Waals surface area (Å²) >= 11 is 0. The monoisotopic (exact) mass is 277 g/mol. The highest BCUT2D eigenvalue weighted by atomic mass is 16.6. The van der Waals surface area contributed by atoms with E-state index in [2.05, 4.69) is 10.2 Å². The van der Waals surface area contributed by atoms with Gasteiger partial charge in [0.15, 0.2) is 0 Å². The molecule has 1 amide bonds. The Morgan fingerprint density at radius 3 is 2.52 bits per heavy atom. The minimum atomic E-state index is -0.405. The van der Waals surface area contributed by atoms with Crippen LogP contribution in [-0.4, -0.2) is 10.8 Å². The molecule has 0 atom stereocenters. The Balaban J connectivity index is 2.16. The van der Waals surface area contributed by atoms with Crippen LogP contribution in [0.1, 0.15) is 10.4 Å². The molecule has 100 valence electrons. The van der Waals surface area contributed by atoms with Gasteiger partial charge in [0.25, 0.3) is 11.6 Å². The van der Waals surface area contributed by atoms with Crippen LogP contribution in [0.4, 0.5) is 11.4 Å². The van der Waals surface area contributed by atoms with Gasteiger partial charge in [-0.15, -0.1) is 10.2 Å². The molecule has 0 bridgehead atoms. The first kappa shape index (κ1) is 11.7. The third kappa shape index (κ3) is 1.56. The summed E-state index contributed by atoms with van der Waals surface area (Å²) in [4.78, 5) is 22.5. The van der Waals surface area contributed by atoms with Crippen molar-refractivity contribution in [3.63, 3.8) is 0 Å². The van der Waals surface area contributed by atoms with Gasteiger partial charge in [0.05, 0.1) is 21.6 Å². The van der Waals surface area contributed by atoms with Crippen LogP contribution in [-0.2, 0) is 0 Å². The maximum atomic E-state index is 11.8. The molecule has 3 aromatic rings. The topological polar surface area (TPSA) is 84.9 Å². The Hall–Kier alpha value is -3.15. The van der Waals surface area contributed by atoms with Crippen LogP contribution in [0.5, 0.6) is 0 Å². The van der Waals surface area contributed by atoms with Crippen LogP contribution < -0.4 is 0 Å². The lowest BCUT2D eigenvalue weighted by Gasteiger charge is -2.05. The van der Waals surface area contributed by atoms with Crippen LogP contribution in [0.15, 0.2) is 52.7 Å². The third-order valence-corrected chi connectivity index (χ3v) is 3.63. The van der Waals surface area contributed by atoms with Crippen molar-refractivity contribution < 1.29 is 9.72 Å². The van der Waals surface area contributed by atoms with Crippen molar-refractivity contribution in [2.24, 2.45) is 10.2 Å². The van der Waals surface area contributed by atoms with Gasteiger partial charge in [-0.2, -0.15) is 0 Å². The summed E-state index contributed by atoms with van der Waals surface area (Å²) in [6.07, 6.45) is 0. The van der Waals surface area contributed by atoms with Gasteiger partial charge in [-0.3, -0.25) is 14.9 Å². The maximum Gasteiger partial charge on any atom is 0.298 e. The Morgan fingerprint density at radius 1 is 0.952 bits per heavy atom. The molecule has 0 spiro atoms. The summed E-state index contributed by atoms with van der Waals surface area (Å²) < 4.78 is 0. The van der Waals surface area contributed by atoms with Crippen molar-refractivity contribution in [3.8, 4) is 0 Å². The molecule has 1 aliphatic rings. The van der Waals surface area contributed by atoms with Crippen LogP contribution in [0.25, 0.3) is 21.5 Å². The standard InChI is InChI=1S/C15H7N3O3/c19-15-14-11-7-8-2-1-3-13(18(20)21)10(8)6-9(11)4-5-12(14)16-17-15/h1-7H. The molecular weight excluding hydrogens is 270 g/mol. The van der Waals surface area contributed by atoms with Gasteiger partial charge in [-0.05, 0) is 34.4 Å². The number of azo groups is 1. The largest absolute Gasteiger partial charge is 0.298 e. The molecule has 1 aliphatic heterocycles. The number of hydrogen-bond acceptors (Lipinski definition) is 4. The second-order valence-electron chi connectivity index (χ2n) is 4.79.